The van der Waals surface area contributed by atoms with Gasteiger partial charge in [-0.25, -0.2) is 5.43 Å². The van der Waals surface area contributed by atoms with Crippen molar-refractivity contribution in [3.63, 3.8) is 0 Å². The van der Waals surface area contributed by atoms with Crippen LogP contribution in [0.3, 0.4) is 0 Å². The Balaban J connectivity index is 2.01. The van der Waals surface area contributed by atoms with Crippen LogP contribution in [0.2, 0.25) is 5.02 Å². The first-order valence-corrected chi connectivity index (χ1v) is 11.0. The van der Waals surface area contributed by atoms with E-state index >= 15 is 0 Å². The highest BCUT2D eigenvalue weighted by atomic mass is 79.9. The summed E-state index contributed by atoms with van der Waals surface area (Å²) in [5.41, 5.74) is 5.13. The Hall–Kier alpha value is -2.91. The molecule has 0 heterocycles. The Bertz CT molecular complexity index is 1020. The number of hydrogen-bond acceptors (Lipinski definition) is 5. The summed E-state index contributed by atoms with van der Waals surface area (Å²) in [6, 6.07) is 8.57. The number of aryl methyl sites for hydroxylation is 2. The number of amides is 3. The van der Waals surface area contributed by atoms with Crippen LogP contribution in [0.5, 0.6) is 5.75 Å². The fourth-order valence-corrected chi connectivity index (χ4v) is 3.58. The molecule has 0 aromatic heterocycles. The van der Waals surface area contributed by atoms with Crippen molar-refractivity contribution < 1.29 is 19.1 Å². The maximum absolute atomic E-state index is 12.4. The summed E-state index contributed by atoms with van der Waals surface area (Å²) in [5.74, 6) is -1.67. The van der Waals surface area contributed by atoms with Crippen LogP contribution in [-0.4, -0.2) is 37.1 Å². The summed E-state index contributed by atoms with van der Waals surface area (Å²) in [7, 11) is 0. The largest absolute Gasteiger partial charge is 0.483 e. The van der Waals surface area contributed by atoms with Gasteiger partial charge in [0.2, 0.25) is 0 Å². The second-order valence-electron chi connectivity index (χ2n) is 6.89. The lowest BCUT2D eigenvalue weighted by atomic mass is 10.1. The van der Waals surface area contributed by atoms with Crippen LogP contribution in [0.15, 0.2) is 39.9 Å². The third kappa shape index (κ3) is 7.65. The highest BCUT2D eigenvalue weighted by Gasteiger charge is 2.13. The highest BCUT2D eigenvalue weighted by molar-refractivity contribution is 9.10. The quantitative estimate of drug-likeness (QED) is 0.278. The fraction of sp³-hybridized carbons (Fsp3) is 0.273. The van der Waals surface area contributed by atoms with Crippen LogP contribution in [0.1, 0.15) is 30.0 Å². The Labute approximate surface area is 199 Å². The SMILES string of the molecule is CCCNC(=O)C(=O)N/N=C\c1cc(Cl)ccc1OCC(=O)Nc1c(C)cc(Br)cc1C. The monoisotopic (exact) mass is 522 g/mol. The molecule has 2 rings (SSSR count). The molecule has 0 aliphatic carbocycles. The molecule has 0 aliphatic heterocycles. The van der Waals surface area contributed by atoms with Crippen molar-refractivity contribution in [1.82, 2.24) is 10.7 Å². The van der Waals surface area contributed by atoms with Gasteiger partial charge in [-0.3, -0.25) is 14.4 Å². The summed E-state index contributed by atoms with van der Waals surface area (Å²) in [5, 5.41) is 9.48. The summed E-state index contributed by atoms with van der Waals surface area (Å²) in [6.07, 6.45) is 1.99. The van der Waals surface area contributed by atoms with Gasteiger partial charge in [0, 0.05) is 27.3 Å². The van der Waals surface area contributed by atoms with Gasteiger partial charge in [-0.2, -0.15) is 5.10 Å². The van der Waals surface area contributed by atoms with Crippen LogP contribution in [-0.2, 0) is 14.4 Å². The summed E-state index contributed by atoms with van der Waals surface area (Å²) >= 11 is 9.46. The minimum Gasteiger partial charge on any atom is -0.483 e. The maximum Gasteiger partial charge on any atom is 0.329 e. The highest BCUT2D eigenvalue weighted by Crippen LogP contribution is 2.25. The molecule has 0 atom stereocenters. The van der Waals surface area contributed by atoms with Gasteiger partial charge in [-0.05, 0) is 61.7 Å². The molecule has 3 N–H and O–H groups in total. The number of nitrogens with zero attached hydrogens (tertiary/aromatic N) is 1. The van der Waals surface area contributed by atoms with E-state index < -0.39 is 11.8 Å². The standard InChI is InChI=1S/C22H24BrClN4O4/c1-4-7-25-21(30)22(31)28-26-11-15-10-17(24)5-6-18(15)32-12-19(29)27-20-13(2)8-16(23)9-14(20)3/h5-6,8-11H,4,7,12H2,1-3H3,(H,25,30)(H,27,29)(H,28,31)/b26-11-. The zero-order chi connectivity index (χ0) is 23.7. The molecule has 0 saturated carbocycles. The number of halogens is 2. The molecule has 0 aliphatic rings. The molecule has 0 fully saturated rings. The lowest BCUT2D eigenvalue weighted by Gasteiger charge is -2.13. The number of ether oxygens (including phenoxy) is 1. The van der Waals surface area contributed by atoms with Crippen molar-refractivity contribution in [1.29, 1.82) is 0 Å². The number of rotatable bonds is 8. The van der Waals surface area contributed by atoms with Crippen molar-refractivity contribution in [2.45, 2.75) is 27.2 Å². The van der Waals surface area contributed by atoms with Gasteiger partial charge in [0.05, 0.1) is 6.21 Å². The Morgan fingerprint density at radius 1 is 1.12 bits per heavy atom. The number of carbonyl (C=O) groups is 3. The van der Waals surface area contributed by atoms with Crippen LogP contribution in [0, 0.1) is 13.8 Å². The Morgan fingerprint density at radius 3 is 2.47 bits per heavy atom. The van der Waals surface area contributed by atoms with E-state index in [1.54, 1.807) is 18.2 Å². The molecular weight excluding hydrogens is 500 g/mol. The van der Waals surface area contributed by atoms with E-state index in [-0.39, 0.29) is 12.5 Å². The van der Waals surface area contributed by atoms with Crippen molar-refractivity contribution >= 4 is 57.2 Å². The van der Waals surface area contributed by atoms with Gasteiger partial charge >= 0.3 is 11.8 Å². The van der Waals surface area contributed by atoms with Gasteiger partial charge in [0.25, 0.3) is 5.91 Å². The molecule has 0 radical (unpaired) electrons. The van der Waals surface area contributed by atoms with Crippen molar-refractivity contribution in [2.75, 3.05) is 18.5 Å². The second kappa shape index (κ2) is 12.2. The third-order valence-electron chi connectivity index (χ3n) is 4.20. The lowest BCUT2D eigenvalue weighted by Crippen LogP contribution is -2.38. The van der Waals surface area contributed by atoms with Crippen LogP contribution in [0.25, 0.3) is 0 Å². The molecule has 10 heteroatoms. The number of carbonyl (C=O) groups excluding carboxylic acids is 3. The smallest absolute Gasteiger partial charge is 0.329 e. The molecule has 0 spiro atoms. The first-order chi connectivity index (χ1) is 15.2. The molecule has 2 aromatic rings. The normalized spacial score (nSPS) is 10.7. The average molecular weight is 524 g/mol. The van der Waals surface area contributed by atoms with Gasteiger partial charge in [0.1, 0.15) is 5.75 Å². The van der Waals surface area contributed by atoms with E-state index in [0.29, 0.717) is 29.3 Å². The molecule has 0 saturated heterocycles. The fourth-order valence-electron chi connectivity index (χ4n) is 2.71. The molecule has 8 nitrogen and oxygen atoms in total. The number of nitrogens with one attached hydrogen (secondary N) is 3. The zero-order valence-electron chi connectivity index (χ0n) is 17.9. The van der Waals surface area contributed by atoms with E-state index in [0.717, 1.165) is 21.3 Å². The first kappa shape index (κ1) is 25.4. The van der Waals surface area contributed by atoms with E-state index in [2.05, 4.69) is 37.1 Å². The van der Waals surface area contributed by atoms with Crippen LogP contribution < -0.4 is 20.8 Å². The summed E-state index contributed by atoms with van der Waals surface area (Å²) < 4.78 is 6.56. The van der Waals surface area contributed by atoms with Crippen molar-refractivity contribution in [3.05, 3.63) is 56.5 Å². The number of hydrogen-bond donors (Lipinski definition) is 3. The zero-order valence-corrected chi connectivity index (χ0v) is 20.3. The lowest BCUT2D eigenvalue weighted by molar-refractivity contribution is -0.139. The van der Waals surface area contributed by atoms with E-state index in [4.69, 9.17) is 16.3 Å². The van der Waals surface area contributed by atoms with Crippen LogP contribution in [0.4, 0.5) is 5.69 Å². The molecular formula is C22H24BrClN4O4. The minimum atomic E-state index is -0.890. The van der Waals surface area contributed by atoms with Gasteiger partial charge in [-0.15, -0.1) is 0 Å². The van der Waals surface area contributed by atoms with Crippen molar-refractivity contribution in [3.8, 4) is 5.75 Å². The average Bonchev–Trinajstić information content (AvgIpc) is 2.73. The topological polar surface area (TPSA) is 109 Å². The Morgan fingerprint density at radius 2 is 1.81 bits per heavy atom. The maximum atomic E-state index is 12.4. The molecule has 0 unspecified atom stereocenters. The van der Waals surface area contributed by atoms with Gasteiger partial charge in [-0.1, -0.05) is 34.5 Å². The van der Waals surface area contributed by atoms with Gasteiger partial charge in [0.15, 0.2) is 6.61 Å². The molecule has 2 aromatic carbocycles. The van der Waals surface area contributed by atoms with E-state index in [1.165, 1.54) is 6.21 Å². The molecule has 170 valence electrons. The summed E-state index contributed by atoms with van der Waals surface area (Å²) in [6.45, 7) is 5.82. The predicted octanol–water partition coefficient (Wildman–Crippen LogP) is 3.71. The minimum absolute atomic E-state index is 0.247. The molecule has 32 heavy (non-hydrogen) atoms. The predicted molar refractivity (Wildman–Crippen MR) is 128 cm³/mol. The van der Waals surface area contributed by atoms with E-state index in [1.807, 2.05) is 32.9 Å². The van der Waals surface area contributed by atoms with Gasteiger partial charge < -0.3 is 15.4 Å². The second-order valence-corrected chi connectivity index (χ2v) is 8.24. The molecule has 0 bridgehead atoms. The van der Waals surface area contributed by atoms with E-state index in [9.17, 15) is 14.4 Å². The third-order valence-corrected chi connectivity index (χ3v) is 4.90. The summed E-state index contributed by atoms with van der Waals surface area (Å²) in [4.78, 5) is 35.7. The van der Waals surface area contributed by atoms with Crippen LogP contribution >= 0.6 is 27.5 Å². The Kier molecular flexibility index (Phi) is 9.67. The number of hydrazone groups is 1. The van der Waals surface area contributed by atoms with Crippen molar-refractivity contribution in [2.24, 2.45) is 5.10 Å². The number of benzene rings is 2. The number of anilines is 1. The first-order valence-electron chi connectivity index (χ1n) is 9.81. The molecule has 3 amide bonds.